The number of thioether (sulfide) groups is 2. The topological polar surface area (TPSA) is 60.9 Å². The van der Waals surface area contributed by atoms with Gasteiger partial charge in [0, 0.05) is 6.54 Å². The Morgan fingerprint density at radius 1 is 1.35 bits per heavy atom. The van der Waals surface area contributed by atoms with Crippen LogP contribution in [-0.4, -0.2) is 55.5 Å². The molecule has 3 rings (SSSR count). The van der Waals surface area contributed by atoms with Crippen molar-refractivity contribution >= 4 is 51.9 Å². The van der Waals surface area contributed by atoms with Gasteiger partial charge in [-0.1, -0.05) is 85.4 Å². The van der Waals surface area contributed by atoms with Crippen LogP contribution in [0.5, 0.6) is 0 Å². The molecule has 2 unspecified atom stereocenters. The highest BCUT2D eigenvalue weighted by molar-refractivity contribution is 8.26. The predicted molar refractivity (Wildman–Crippen MR) is 134 cm³/mol. The van der Waals surface area contributed by atoms with Crippen molar-refractivity contribution in [3.63, 3.8) is 0 Å². The van der Waals surface area contributed by atoms with Crippen molar-refractivity contribution in [3.05, 3.63) is 57.5 Å². The number of thiocarbonyl (C=S) groups is 1. The molecular formula is C23H28N2O3S3. The second kappa shape index (κ2) is 10.7. The van der Waals surface area contributed by atoms with Gasteiger partial charge in [0.1, 0.15) is 10.9 Å². The number of nitrogens with zero attached hydrogens (tertiary/aromatic N) is 2. The van der Waals surface area contributed by atoms with Crippen LogP contribution in [0.15, 0.2) is 57.5 Å². The van der Waals surface area contributed by atoms with E-state index in [0.717, 1.165) is 28.8 Å². The van der Waals surface area contributed by atoms with Gasteiger partial charge in [-0.25, -0.2) is 0 Å². The lowest BCUT2D eigenvalue weighted by atomic mass is 10.0. The molecule has 1 aliphatic carbocycles. The van der Waals surface area contributed by atoms with Crippen molar-refractivity contribution in [3.8, 4) is 0 Å². The summed E-state index contributed by atoms with van der Waals surface area (Å²) >= 11 is 8.20. The zero-order valence-electron chi connectivity index (χ0n) is 18.0. The second-order valence-corrected chi connectivity index (χ2v) is 10.7. The molecular weight excluding hydrogens is 448 g/mol. The fourth-order valence-electron chi connectivity index (χ4n) is 3.67. The average Bonchev–Trinajstić information content (AvgIpc) is 3.17. The Morgan fingerprint density at radius 2 is 2.13 bits per heavy atom. The summed E-state index contributed by atoms with van der Waals surface area (Å²) in [7, 11) is 0. The van der Waals surface area contributed by atoms with Crippen LogP contribution in [0.2, 0.25) is 0 Å². The van der Waals surface area contributed by atoms with E-state index in [1.807, 2.05) is 24.8 Å². The van der Waals surface area contributed by atoms with Crippen molar-refractivity contribution in [1.29, 1.82) is 0 Å². The predicted octanol–water partition coefficient (Wildman–Crippen LogP) is 5.10. The number of rotatable bonds is 8. The van der Waals surface area contributed by atoms with Gasteiger partial charge in [0.2, 0.25) is 0 Å². The average molecular weight is 477 g/mol. The molecule has 2 aliphatic heterocycles. The maximum absolute atomic E-state index is 12.5. The van der Waals surface area contributed by atoms with Crippen LogP contribution < -0.4 is 0 Å². The molecule has 2 fully saturated rings. The first-order valence-electron chi connectivity index (χ1n) is 10.5. The zero-order valence-corrected chi connectivity index (χ0v) is 20.5. The van der Waals surface area contributed by atoms with E-state index in [0.29, 0.717) is 16.2 Å². The van der Waals surface area contributed by atoms with E-state index in [1.54, 1.807) is 6.08 Å². The first kappa shape index (κ1) is 23.9. The molecule has 0 bridgehead atoms. The van der Waals surface area contributed by atoms with E-state index in [-0.39, 0.29) is 10.2 Å². The number of carboxylic acid groups (broad SMARTS) is 1. The fourth-order valence-corrected chi connectivity index (χ4v) is 6.41. The molecule has 2 saturated heterocycles. The first-order valence-corrected chi connectivity index (χ1v) is 12.6. The van der Waals surface area contributed by atoms with E-state index >= 15 is 0 Å². The molecule has 0 aromatic carbocycles. The van der Waals surface area contributed by atoms with Crippen LogP contribution >= 0.6 is 35.7 Å². The third-order valence-corrected chi connectivity index (χ3v) is 7.91. The summed E-state index contributed by atoms with van der Waals surface area (Å²) in [6, 6.07) is 0.387. The molecule has 2 heterocycles. The second-order valence-electron chi connectivity index (χ2n) is 7.82. The van der Waals surface area contributed by atoms with Gasteiger partial charge in [0.15, 0.2) is 0 Å². The third kappa shape index (κ3) is 5.93. The standard InChI is InChI=1S/C23H28N2O3S3/c1-4-5-6-11-24-17-9-7-15(2)12-18(17)30-20(24)10-8-16(3)13-19-22(28)25(14-21(26)27)23(29)31-19/h7-10,12-13,17-18H,4-6,11,14H2,1-3H3,(H,26,27). The highest BCUT2D eigenvalue weighted by Gasteiger charge is 2.36. The summed E-state index contributed by atoms with van der Waals surface area (Å²) in [4.78, 5) is 27.5. The summed E-state index contributed by atoms with van der Waals surface area (Å²) in [6.45, 7) is 6.93. The number of carbonyl (C=O) groups is 2. The molecule has 5 nitrogen and oxygen atoms in total. The molecule has 0 aromatic rings. The van der Waals surface area contributed by atoms with Crippen molar-refractivity contribution < 1.29 is 14.7 Å². The van der Waals surface area contributed by atoms with Gasteiger partial charge < -0.3 is 10.0 Å². The monoisotopic (exact) mass is 476 g/mol. The van der Waals surface area contributed by atoms with Crippen LogP contribution in [0.4, 0.5) is 0 Å². The maximum Gasteiger partial charge on any atom is 0.323 e. The molecule has 8 heteroatoms. The van der Waals surface area contributed by atoms with Crippen LogP contribution in [0.25, 0.3) is 0 Å². The van der Waals surface area contributed by atoms with Crippen molar-refractivity contribution in [1.82, 2.24) is 9.80 Å². The quantitative estimate of drug-likeness (QED) is 0.297. The van der Waals surface area contributed by atoms with Crippen LogP contribution in [0.3, 0.4) is 0 Å². The number of fused-ring (bicyclic) bond motifs is 1. The number of aliphatic carboxylic acids is 1. The summed E-state index contributed by atoms with van der Waals surface area (Å²) in [5.41, 5.74) is 2.23. The minimum Gasteiger partial charge on any atom is -0.480 e. The number of carbonyl (C=O) groups excluding carboxylic acids is 1. The Hall–Kier alpha value is -1.77. The molecule has 0 radical (unpaired) electrons. The minimum atomic E-state index is -1.07. The fraction of sp³-hybridized carbons (Fsp3) is 0.435. The molecule has 0 saturated carbocycles. The Labute approximate surface area is 198 Å². The van der Waals surface area contributed by atoms with Gasteiger partial charge in [0.25, 0.3) is 5.91 Å². The zero-order chi connectivity index (χ0) is 22.5. The molecule has 1 amide bonds. The number of carboxylic acids is 1. The Kier molecular flexibility index (Phi) is 8.24. The molecule has 2 atom stereocenters. The summed E-state index contributed by atoms with van der Waals surface area (Å²) in [5.74, 6) is -1.42. The number of hydrogen-bond acceptors (Lipinski definition) is 6. The van der Waals surface area contributed by atoms with Crippen LogP contribution in [0.1, 0.15) is 40.0 Å². The van der Waals surface area contributed by atoms with Crippen molar-refractivity contribution in [2.45, 2.75) is 51.3 Å². The van der Waals surface area contributed by atoms with Gasteiger partial charge in [-0.3, -0.25) is 14.5 Å². The van der Waals surface area contributed by atoms with Gasteiger partial charge in [-0.2, -0.15) is 0 Å². The Morgan fingerprint density at radius 3 is 2.84 bits per heavy atom. The number of hydrogen-bond donors (Lipinski definition) is 1. The Balaban J connectivity index is 1.76. The SMILES string of the molecule is CCCCCN1C(=CC=C(C)C=C2SC(=S)N(CC(=O)O)C2=O)SC2C=C(C)C=CC21. The maximum atomic E-state index is 12.5. The lowest BCUT2D eigenvalue weighted by molar-refractivity contribution is -0.140. The molecule has 166 valence electrons. The molecule has 0 aromatic heterocycles. The Bertz CT molecular complexity index is 917. The largest absolute Gasteiger partial charge is 0.480 e. The number of allylic oxidation sites excluding steroid dienone is 6. The van der Waals surface area contributed by atoms with Gasteiger partial charge in [-0.05, 0) is 38.0 Å². The van der Waals surface area contributed by atoms with Crippen molar-refractivity contribution in [2.75, 3.05) is 13.1 Å². The smallest absolute Gasteiger partial charge is 0.323 e. The summed E-state index contributed by atoms with van der Waals surface area (Å²) in [5, 5.41) is 10.6. The highest BCUT2D eigenvalue weighted by Crippen LogP contribution is 2.42. The minimum absolute atomic E-state index is 0.288. The van der Waals surface area contributed by atoms with E-state index in [2.05, 4.69) is 43.1 Å². The van der Waals surface area contributed by atoms with Crippen molar-refractivity contribution in [2.24, 2.45) is 0 Å². The lowest BCUT2D eigenvalue weighted by Crippen LogP contribution is -2.33. The lowest BCUT2D eigenvalue weighted by Gasteiger charge is -2.28. The van der Waals surface area contributed by atoms with Crippen LogP contribution in [-0.2, 0) is 9.59 Å². The highest BCUT2D eigenvalue weighted by atomic mass is 32.2. The number of unbranched alkanes of at least 4 members (excludes halogenated alkanes) is 2. The van der Waals surface area contributed by atoms with Gasteiger partial charge in [-0.15, -0.1) is 0 Å². The molecule has 3 aliphatic rings. The van der Waals surface area contributed by atoms with Crippen LogP contribution in [0, 0.1) is 0 Å². The van der Waals surface area contributed by atoms with Gasteiger partial charge in [0.05, 0.1) is 21.2 Å². The third-order valence-electron chi connectivity index (χ3n) is 5.24. The molecule has 0 spiro atoms. The van der Waals surface area contributed by atoms with E-state index < -0.39 is 12.5 Å². The molecule has 31 heavy (non-hydrogen) atoms. The van der Waals surface area contributed by atoms with E-state index in [9.17, 15) is 9.59 Å². The molecule has 1 N–H and O–H groups in total. The van der Waals surface area contributed by atoms with E-state index in [1.165, 1.54) is 29.9 Å². The van der Waals surface area contributed by atoms with E-state index in [4.69, 9.17) is 17.3 Å². The summed E-state index contributed by atoms with van der Waals surface area (Å²) < 4.78 is 0.288. The first-order chi connectivity index (χ1) is 14.8. The number of amides is 1. The summed E-state index contributed by atoms with van der Waals surface area (Å²) in [6.07, 6.45) is 16.4. The van der Waals surface area contributed by atoms with Gasteiger partial charge >= 0.3 is 5.97 Å². The normalized spacial score (nSPS) is 26.3.